The summed E-state index contributed by atoms with van der Waals surface area (Å²) in [5.74, 6) is -0.323. The number of ether oxygens (including phenoxy) is 1. The van der Waals surface area contributed by atoms with Crippen molar-refractivity contribution < 1.29 is 14.3 Å². The Kier molecular flexibility index (Phi) is 3.02. The van der Waals surface area contributed by atoms with Crippen LogP contribution in [0.2, 0.25) is 0 Å². The Morgan fingerprint density at radius 1 is 1.44 bits per heavy atom. The second-order valence-electron chi connectivity index (χ2n) is 5.13. The summed E-state index contributed by atoms with van der Waals surface area (Å²) in [6.45, 7) is 1.93. The van der Waals surface area contributed by atoms with Gasteiger partial charge in [0.05, 0.1) is 6.10 Å². The molecule has 1 N–H and O–H groups in total. The topological polar surface area (TPSA) is 55.4 Å². The summed E-state index contributed by atoms with van der Waals surface area (Å²) in [5.41, 5.74) is -0.154. The van der Waals surface area contributed by atoms with Crippen LogP contribution in [0.3, 0.4) is 0 Å². The van der Waals surface area contributed by atoms with Crippen LogP contribution in [0.5, 0.6) is 0 Å². The molecule has 4 heteroatoms. The van der Waals surface area contributed by atoms with Crippen molar-refractivity contribution in [2.24, 2.45) is 11.3 Å². The normalized spacial score (nSPS) is 39.9. The zero-order valence-corrected chi connectivity index (χ0v) is 9.91. The Labute approximate surface area is 95.7 Å². The summed E-state index contributed by atoms with van der Waals surface area (Å²) >= 11 is 0. The summed E-state index contributed by atoms with van der Waals surface area (Å²) in [4.78, 5) is 23.2. The van der Waals surface area contributed by atoms with E-state index in [4.69, 9.17) is 4.74 Å². The minimum atomic E-state index is -0.154. The molecule has 2 rings (SSSR count). The third kappa shape index (κ3) is 1.86. The Morgan fingerprint density at radius 2 is 2.19 bits per heavy atom. The summed E-state index contributed by atoms with van der Waals surface area (Å²) in [6.07, 6.45) is 4.57. The van der Waals surface area contributed by atoms with Gasteiger partial charge in [-0.1, -0.05) is 13.3 Å². The van der Waals surface area contributed by atoms with Gasteiger partial charge in [0, 0.05) is 19.4 Å². The second kappa shape index (κ2) is 4.17. The average Bonchev–Trinajstić information content (AvgIpc) is 2.26. The predicted octanol–water partition coefficient (Wildman–Crippen LogP) is 1.24. The first kappa shape index (κ1) is 11.6. The highest BCUT2D eigenvalue weighted by atomic mass is 16.5. The van der Waals surface area contributed by atoms with Crippen LogP contribution >= 0.6 is 0 Å². The highest BCUT2D eigenvalue weighted by Gasteiger charge is 2.48. The van der Waals surface area contributed by atoms with Crippen LogP contribution in [0.1, 0.15) is 39.0 Å². The number of nitrogens with one attached hydrogen (secondary N) is 1. The molecule has 2 amide bonds. The summed E-state index contributed by atoms with van der Waals surface area (Å²) in [6, 6.07) is 0. The number of rotatable bonds is 1. The molecule has 2 fully saturated rings. The van der Waals surface area contributed by atoms with Gasteiger partial charge in [-0.05, 0) is 24.7 Å². The minimum absolute atomic E-state index is 0.0804. The fourth-order valence-electron chi connectivity index (χ4n) is 3.14. The fraction of sp³-hybridized carbons (Fsp3) is 0.833. The lowest BCUT2D eigenvalue weighted by Crippen LogP contribution is -2.53. The van der Waals surface area contributed by atoms with Crippen LogP contribution in [-0.4, -0.2) is 25.0 Å². The molecule has 0 aromatic rings. The first-order valence-corrected chi connectivity index (χ1v) is 5.94. The standard InChI is InChI=1S/C12H19NO3/c1-8-11(15)13-10(14)7-12(8)5-3-4-9(6-12)16-2/h8-9H,3-7H2,1-2H3,(H,13,14,15). The monoisotopic (exact) mass is 225 g/mol. The molecule has 0 aromatic heterocycles. The Balaban J connectivity index is 2.20. The molecule has 16 heavy (non-hydrogen) atoms. The number of hydrogen-bond acceptors (Lipinski definition) is 3. The van der Waals surface area contributed by atoms with E-state index in [1.807, 2.05) is 6.92 Å². The molecule has 4 nitrogen and oxygen atoms in total. The first-order chi connectivity index (χ1) is 7.57. The predicted molar refractivity (Wildman–Crippen MR) is 58.6 cm³/mol. The van der Waals surface area contributed by atoms with Crippen molar-refractivity contribution in [3.8, 4) is 0 Å². The maximum absolute atomic E-state index is 11.7. The van der Waals surface area contributed by atoms with Crippen molar-refractivity contribution in [1.29, 1.82) is 0 Å². The molecule has 1 aliphatic heterocycles. The van der Waals surface area contributed by atoms with Gasteiger partial charge in [0.1, 0.15) is 0 Å². The van der Waals surface area contributed by atoms with E-state index >= 15 is 0 Å². The van der Waals surface area contributed by atoms with Gasteiger partial charge < -0.3 is 4.74 Å². The molecular weight excluding hydrogens is 206 g/mol. The van der Waals surface area contributed by atoms with E-state index in [1.54, 1.807) is 7.11 Å². The van der Waals surface area contributed by atoms with Crippen LogP contribution in [0.25, 0.3) is 0 Å². The van der Waals surface area contributed by atoms with Gasteiger partial charge in [0.15, 0.2) is 0 Å². The van der Waals surface area contributed by atoms with Crippen LogP contribution in [0.4, 0.5) is 0 Å². The van der Waals surface area contributed by atoms with E-state index in [2.05, 4.69) is 5.32 Å². The van der Waals surface area contributed by atoms with Gasteiger partial charge >= 0.3 is 0 Å². The Hall–Kier alpha value is -0.900. The quantitative estimate of drug-likeness (QED) is 0.683. The van der Waals surface area contributed by atoms with E-state index in [0.29, 0.717) is 6.42 Å². The van der Waals surface area contributed by atoms with Crippen LogP contribution in [0.15, 0.2) is 0 Å². The van der Waals surface area contributed by atoms with Gasteiger partial charge in [-0.2, -0.15) is 0 Å². The zero-order valence-electron chi connectivity index (χ0n) is 9.91. The molecule has 1 saturated carbocycles. The molecule has 0 aromatic carbocycles. The highest BCUT2D eigenvalue weighted by molar-refractivity contribution is 5.99. The lowest BCUT2D eigenvalue weighted by Gasteiger charge is -2.45. The molecule has 1 spiro atoms. The fourth-order valence-corrected chi connectivity index (χ4v) is 3.14. The smallest absolute Gasteiger partial charge is 0.229 e. The second-order valence-corrected chi connectivity index (χ2v) is 5.13. The van der Waals surface area contributed by atoms with Gasteiger partial charge in [-0.15, -0.1) is 0 Å². The van der Waals surface area contributed by atoms with Crippen LogP contribution in [0, 0.1) is 11.3 Å². The van der Waals surface area contributed by atoms with E-state index < -0.39 is 0 Å². The number of amides is 2. The molecule has 1 heterocycles. The third-order valence-corrected chi connectivity index (χ3v) is 4.26. The summed E-state index contributed by atoms with van der Waals surface area (Å²) < 4.78 is 5.39. The van der Waals surface area contributed by atoms with Crippen LogP contribution < -0.4 is 5.32 Å². The van der Waals surface area contributed by atoms with Gasteiger partial charge in [0.25, 0.3) is 0 Å². The van der Waals surface area contributed by atoms with Crippen molar-refractivity contribution >= 4 is 11.8 Å². The van der Waals surface area contributed by atoms with Crippen molar-refractivity contribution in [1.82, 2.24) is 5.32 Å². The molecule has 3 unspecified atom stereocenters. The van der Waals surface area contributed by atoms with E-state index in [1.165, 1.54) is 0 Å². The molecule has 3 atom stereocenters. The largest absolute Gasteiger partial charge is 0.381 e. The third-order valence-electron chi connectivity index (χ3n) is 4.26. The van der Waals surface area contributed by atoms with Crippen molar-refractivity contribution in [3.05, 3.63) is 0 Å². The molecule has 1 aliphatic carbocycles. The van der Waals surface area contributed by atoms with Gasteiger partial charge in [-0.3, -0.25) is 14.9 Å². The summed E-state index contributed by atoms with van der Waals surface area (Å²) in [7, 11) is 1.71. The maximum Gasteiger partial charge on any atom is 0.229 e. The van der Waals surface area contributed by atoms with E-state index in [9.17, 15) is 9.59 Å². The van der Waals surface area contributed by atoms with Gasteiger partial charge in [-0.25, -0.2) is 0 Å². The number of carbonyl (C=O) groups excluding carboxylic acids is 2. The maximum atomic E-state index is 11.7. The van der Waals surface area contributed by atoms with E-state index in [-0.39, 0.29) is 29.3 Å². The Bertz CT molecular complexity index is 315. The molecule has 0 bridgehead atoms. The van der Waals surface area contributed by atoms with Crippen molar-refractivity contribution in [2.45, 2.75) is 45.1 Å². The minimum Gasteiger partial charge on any atom is -0.381 e. The van der Waals surface area contributed by atoms with E-state index in [0.717, 1.165) is 25.7 Å². The highest BCUT2D eigenvalue weighted by Crippen LogP contribution is 2.47. The van der Waals surface area contributed by atoms with Crippen molar-refractivity contribution in [2.75, 3.05) is 7.11 Å². The number of carbonyl (C=O) groups is 2. The van der Waals surface area contributed by atoms with Crippen molar-refractivity contribution in [3.63, 3.8) is 0 Å². The number of hydrogen-bond donors (Lipinski definition) is 1. The molecule has 90 valence electrons. The SMILES string of the molecule is COC1CCCC2(CC(=O)NC(=O)C2C)C1. The molecular formula is C12H19NO3. The Morgan fingerprint density at radius 3 is 2.88 bits per heavy atom. The lowest BCUT2D eigenvalue weighted by molar-refractivity contribution is -0.147. The molecule has 1 saturated heterocycles. The molecule has 0 radical (unpaired) electrons. The number of piperidine rings is 1. The number of imide groups is 1. The van der Waals surface area contributed by atoms with Gasteiger partial charge in [0.2, 0.25) is 11.8 Å². The zero-order chi connectivity index (χ0) is 11.8. The summed E-state index contributed by atoms with van der Waals surface area (Å²) in [5, 5.41) is 2.41. The van der Waals surface area contributed by atoms with Crippen LogP contribution in [-0.2, 0) is 14.3 Å². The average molecular weight is 225 g/mol. The first-order valence-electron chi connectivity index (χ1n) is 5.94. The molecule has 2 aliphatic rings. The number of methoxy groups -OCH3 is 1. The lowest BCUT2D eigenvalue weighted by atomic mass is 9.62.